The van der Waals surface area contributed by atoms with Crippen LogP contribution in [0.3, 0.4) is 0 Å². The second kappa shape index (κ2) is 5.27. The third kappa shape index (κ3) is 3.23. The van der Waals surface area contributed by atoms with Gasteiger partial charge in [0.2, 0.25) is 0 Å². The van der Waals surface area contributed by atoms with Gasteiger partial charge in [-0.1, -0.05) is 27.2 Å². The highest BCUT2D eigenvalue weighted by Crippen LogP contribution is 2.38. The molecular formula is C15H29NO. The smallest absolute Gasteiger partial charge is 0.0695 e. The van der Waals surface area contributed by atoms with Crippen LogP contribution in [0.2, 0.25) is 0 Å². The Balaban J connectivity index is 1.99. The predicted octanol–water partition coefficient (Wildman–Crippen LogP) is 3.05. The monoisotopic (exact) mass is 239 g/mol. The summed E-state index contributed by atoms with van der Waals surface area (Å²) in [6, 6.07) is 0.424. The lowest BCUT2D eigenvalue weighted by molar-refractivity contribution is -0.0321. The van der Waals surface area contributed by atoms with Crippen LogP contribution in [-0.2, 0) is 0 Å². The first-order chi connectivity index (χ1) is 8.02. The molecule has 0 radical (unpaired) electrons. The van der Waals surface area contributed by atoms with Gasteiger partial charge in [0, 0.05) is 12.6 Å². The highest BCUT2D eigenvalue weighted by atomic mass is 16.3. The molecule has 17 heavy (non-hydrogen) atoms. The summed E-state index contributed by atoms with van der Waals surface area (Å²) in [5.74, 6) is 0.862. The highest BCUT2D eigenvalue weighted by molar-refractivity contribution is 4.92. The molecule has 1 heterocycles. The molecule has 3 unspecified atom stereocenters. The Labute approximate surface area is 106 Å². The quantitative estimate of drug-likeness (QED) is 0.800. The van der Waals surface area contributed by atoms with E-state index in [0.29, 0.717) is 11.5 Å². The van der Waals surface area contributed by atoms with E-state index in [9.17, 15) is 5.11 Å². The van der Waals surface area contributed by atoms with Crippen molar-refractivity contribution < 1.29 is 5.11 Å². The van der Waals surface area contributed by atoms with Crippen molar-refractivity contribution in [2.45, 2.75) is 71.4 Å². The molecule has 0 aromatic carbocycles. The topological polar surface area (TPSA) is 23.5 Å². The largest absolute Gasteiger partial charge is 0.391 e. The first-order valence-electron chi connectivity index (χ1n) is 7.44. The summed E-state index contributed by atoms with van der Waals surface area (Å²) in [4.78, 5) is 2.59. The minimum atomic E-state index is -0.0846. The van der Waals surface area contributed by atoms with E-state index in [1.807, 2.05) is 0 Å². The van der Waals surface area contributed by atoms with Crippen molar-refractivity contribution in [1.29, 1.82) is 0 Å². The molecule has 2 aliphatic rings. The maximum absolute atomic E-state index is 10.3. The number of rotatable bonds is 2. The first kappa shape index (κ1) is 13.4. The first-order valence-corrected chi connectivity index (χ1v) is 7.44. The molecule has 0 bridgehead atoms. The predicted molar refractivity (Wildman–Crippen MR) is 72.0 cm³/mol. The maximum atomic E-state index is 10.3. The number of hydrogen-bond acceptors (Lipinski definition) is 2. The lowest BCUT2D eigenvalue weighted by atomic mass is 9.73. The molecule has 100 valence electrons. The molecule has 1 aliphatic carbocycles. The van der Waals surface area contributed by atoms with Gasteiger partial charge in [-0.05, 0) is 50.0 Å². The number of nitrogens with zero attached hydrogens (tertiary/aromatic N) is 1. The summed E-state index contributed by atoms with van der Waals surface area (Å²) in [5, 5.41) is 10.3. The lowest BCUT2D eigenvalue weighted by Crippen LogP contribution is -2.52. The van der Waals surface area contributed by atoms with E-state index in [1.54, 1.807) is 0 Å². The van der Waals surface area contributed by atoms with Crippen molar-refractivity contribution in [2.24, 2.45) is 11.3 Å². The van der Waals surface area contributed by atoms with E-state index >= 15 is 0 Å². The fraction of sp³-hybridized carbons (Fsp3) is 1.00. The van der Waals surface area contributed by atoms with Crippen molar-refractivity contribution in [3.8, 4) is 0 Å². The Hall–Kier alpha value is -0.0800. The summed E-state index contributed by atoms with van der Waals surface area (Å²) in [7, 11) is 0. The molecule has 2 nitrogen and oxygen atoms in total. The van der Waals surface area contributed by atoms with Crippen molar-refractivity contribution >= 4 is 0 Å². The SMILES string of the molecule is CCC1CCCN(C2CC(C)(C)CCC2O)C1. The molecule has 3 atom stereocenters. The van der Waals surface area contributed by atoms with Crippen LogP contribution in [0.1, 0.15) is 59.3 Å². The van der Waals surface area contributed by atoms with Crippen LogP contribution in [0.4, 0.5) is 0 Å². The van der Waals surface area contributed by atoms with Crippen LogP contribution < -0.4 is 0 Å². The van der Waals surface area contributed by atoms with Crippen molar-refractivity contribution in [2.75, 3.05) is 13.1 Å². The molecule has 2 heteroatoms. The number of piperidine rings is 1. The van der Waals surface area contributed by atoms with Gasteiger partial charge < -0.3 is 5.11 Å². The van der Waals surface area contributed by atoms with Gasteiger partial charge >= 0.3 is 0 Å². The molecule has 0 amide bonds. The van der Waals surface area contributed by atoms with Gasteiger partial charge in [-0.3, -0.25) is 4.90 Å². The summed E-state index contributed by atoms with van der Waals surface area (Å²) >= 11 is 0. The Morgan fingerprint density at radius 3 is 2.76 bits per heavy atom. The third-order valence-electron chi connectivity index (χ3n) is 4.92. The number of aliphatic hydroxyl groups is 1. The summed E-state index contributed by atoms with van der Waals surface area (Å²) < 4.78 is 0. The van der Waals surface area contributed by atoms with E-state index in [1.165, 1.54) is 45.2 Å². The maximum Gasteiger partial charge on any atom is 0.0695 e. The van der Waals surface area contributed by atoms with E-state index in [-0.39, 0.29) is 6.10 Å². The zero-order chi connectivity index (χ0) is 12.5. The molecular weight excluding hydrogens is 210 g/mol. The van der Waals surface area contributed by atoms with Crippen molar-refractivity contribution in [3.63, 3.8) is 0 Å². The highest BCUT2D eigenvalue weighted by Gasteiger charge is 2.38. The van der Waals surface area contributed by atoms with Gasteiger partial charge in [0.1, 0.15) is 0 Å². The van der Waals surface area contributed by atoms with Gasteiger partial charge in [-0.25, -0.2) is 0 Å². The zero-order valence-electron chi connectivity index (χ0n) is 11.8. The molecule has 2 rings (SSSR count). The fourth-order valence-electron chi connectivity index (χ4n) is 3.64. The molecule has 0 spiro atoms. The second-order valence-electron chi connectivity index (χ2n) is 6.95. The van der Waals surface area contributed by atoms with Gasteiger partial charge in [-0.15, -0.1) is 0 Å². The average Bonchev–Trinajstić information content (AvgIpc) is 2.32. The second-order valence-corrected chi connectivity index (χ2v) is 6.95. The molecule has 1 saturated carbocycles. The van der Waals surface area contributed by atoms with Gasteiger partial charge in [0.25, 0.3) is 0 Å². The van der Waals surface area contributed by atoms with E-state index in [4.69, 9.17) is 0 Å². The normalized spacial score (nSPS) is 39.2. The zero-order valence-corrected chi connectivity index (χ0v) is 11.8. The minimum Gasteiger partial charge on any atom is -0.391 e. The van der Waals surface area contributed by atoms with Crippen LogP contribution in [0.15, 0.2) is 0 Å². The van der Waals surface area contributed by atoms with Crippen molar-refractivity contribution in [3.05, 3.63) is 0 Å². The van der Waals surface area contributed by atoms with Crippen LogP contribution >= 0.6 is 0 Å². The third-order valence-corrected chi connectivity index (χ3v) is 4.92. The average molecular weight is 239 g/mol. The fourth-order valence-corrected chi connectivity index (χ4v) is 3.64. The summed E-state index contributed by atoms with van der Waals surface area (Å²) in [6.07, 6.45) is 7.26. The number of aliphatic hydroxyl groups excluding tert-OH is 1. The van der Waals surface area contributed by atoms with E-state index in [2.05, 4.69) is 25.7 Å². The van der Waals surface area contributed by atoms with Gasteiger partial charge in [-0.2, -0.15) is 0 Å². The Morgan fingerprint density at radius 1 is 1.29 bits per heavy atom. The molecule has 1 aliphatic heterocycles. The van der Waals surface area contributed by atoms with Gasteiger partial charge in [0.15, 0.2) is 0 Å². The number of likely N-dealkylation sites (tertiary alicyclic amines) is 1. The van der Waals surface area contributed by atoms with Crippen LogP contribution in [0.25, 0.3) is 0 Å². The van der Waals surface area contributed by atoms with E-state index in [0.717, 1.165) is 12.3 Å². The summed E-state index contributed by atoms with van der Waals surface area (Å²) in [5.41, 5.74) is 0.420. The Morgan fingerprint density at radius 2 is 2.06 bits per heavy atom. The Bertz CT molecular complexity index is 251. The summed E-state index contributed by atoms with van der Waals surface area (Å²) in [6.45, 7) is 9.43. The lowest BCUT2D eigenvalue weighted by Gasteiger charge is -2.46. The number of hydrogen-bond donors (Lipinski definition) is 1. The van der Waals surface area contributed by atoms with Crippen LogP contribution in [-0.4, -0.2) is 35.2 Å². The molecule has 1 N–H and O–H groups in total. The molecule has 0 aromatic rings. The van der Waals surface area contributed by atoms with Crippen LogP contribution in [0.5, 0.6) is 0 Å². The Kier molecular flexibility index (Phi) is 4.14. The van der Waals surface area contributed by atoms with Crippen molar-refractivity contribution in [1.82, 2.24) is 4.90 Å². The molecule has 1 saturated heterocycles. The standard InChI is InChI=1S/C15H29NO/c1-4-12-6-5-9-16(11-12)13-10-15(2,3)8-7-14(13)17/h12-14,17H,4-11H2,1-3H3. The van der Waals surface area contributed by atoms with Gasteiger partial charge in [0.05, 0.1) is 6.10 Å². The van der Waals surface area contributed by atoms with E-state index < -0.39 is 0 Å². The minimum absolute atomic E-state index is 0.0846. The molecule has 2 fully saturated rings. The van der Waals surface area contributed by atoms with Crippen LogP contribution in [0, 0.1) is 11.3 Å². The molecule has 0 aromatic heterocycles.